The topological polar surface area (TPSA) is 42.2 Å². The Morgan fingerprint density at radius 3 is 2.82 bits per heavy atom. The highest BCUT2D eigenvalue weighted by molar-refractivity contribution is 9.11. The van der Waals surface area contributed by atoms with Crippen molar-refractivity contribution in [3.8, 4) is 0 Å². The molecule has 90 valence electrons. The number of thiophene rings is 1. The van der Waals surface area contributed by atoms with Crippen molar-refractivity contribution in [2.24, 2.45) is 0 Å². The van der Waals surface area contributed by atoms with Crippen LogP contribution >= 0.6 is 27.3 Å². The molecule has 0 bridgehead atoms. The molecule has 2 heterocycles. The summed E-state index contributed by atoms with van der Waals surface area (Å²) in [7, 11) is 2.03. The van der Waals surface area contributed by atoms with Gasteiger partial charge in [-0.3, -0.25) is 0 Å². The van der Waals surface area contributed by atoms with Crippen LogP contribution < -0.4 is 10.6 Å². The van der Waals surface area contributed by atoms with Crippen molar-refractivity contribution in [1.82, 2.24) is 4.98 Å². The van der Waals surface area contributed by atoms with E-state index >= 15 is 0 Å². The molecule has 2 N–H and O–H groups in total. The normalized spacial score (nSPS) is 10.5. The summed E-state index contributed by atoms with van der Waals surface area (Å²) >= 11 is 5.21. The van der Waals surface area contributed by atoms with Gasteiger partial charge in [-0.25, -0.2) is 4.98 Å². The molecule has 3 nitrogen and oxygen atoms in total. The summed E-state index contributed by atoms with van der Waals surface area (Å²) in [6.45, 7) is 2.85. The molecule has 0 saturated heterocycles. The monoisotopic (exact) mass is 311 g/mol. The second-order valence-corrected chi connectivity index (χ2v) is 6.51. The van der Waals surface area contributed by atoms with Crippen LogP contribution in [0.5, 0.6) is 0 Å². The summed E-state index contributed by atoms with van der Waals surface area (Å²) in [6.07, 6.45) is 1.71. The Balaban J connectivity index is 2.14. The molecule has 0 amide bonds. The predicted molar refractivity (Wildman–Crippen MR) is 77.5 cm³/mol. The smallest absolute Gasteiger partial charge is 0.128 e. The molecule has 0 spiro atoms. The Kier molecular flexibility index (Phi) is 3.69. The molecule has 17 heavy (non-hydrogen) atoms. The summed E-state index contributed by atoms with van der Waals surface area (Å²) in [5, 5.41) is 0. The van der Waals surface area contributed by atoms with Crippen LogP contribution in [0.4, 0.5) is 11.5 Å². The van der Waals surface area contributed by atoms with Crippen LogP contribution in [0.25, 0.3) is 0 Å². The highest BCUT2D eigenvalue weighted by Crippen LogP contribution is 2.25. The third-order valence-corrected chi connectivity index (χ3v) is 4.16. The summed E-state index contributed by atoms with van der Waals surface area (Å²) in [5.74, 6) is 0.946. The van der Waals surface area contributed by atoms with E-state index in [-0.39, 0.29) is 0 Å². The molecule has 0 aromatic carbocycles. The van der Waals surface area contributed by atoms with Crippen LogP contribution in [0, 0.1) is 6.92 Å². The summed E-state index contributed by atoms with van der Waals surface area (Å²) in [5.41, 5.74) is 7.56. The first-order valence-electron chi connectivity index (χ1n) is 5.24. The Bertz CT molecular complexity index is 524. The molecule has 0 aliphatic rings. The number of nitrogen functional groups attached to an aromatic ring is 1. The first kappa shape index (κ1) is 12.4. The van der Waals surface area contributed by atoms with Gasteiger partial charge in [-0.05, 0) is 46.6 Å². The second kappa shape index (κ2) is 5.06. The maximum atomic E-state index is 5.76. The average Bonchev–Trinajstić information content (AvgIpc) is 2.68. The van der Waals surface area contributed by atoms with Crippen LogP contribution in [0.3, 0.4) is 0 Å². The number of nitrogens with zero attached hydrogens (tertiary/aromatic N) is 2. The van der Waals surface area contributed by atoms with Gasteiger partial charge in [-0.15, -0.1) is 11.3 Å². The highest BCUT2D eigenvalue weighted by atomic mass is 79.9. The van der Waals surface area contributed by atoms with Crippen LogP contribution in [-0.4, -0.2) is 12.0 Å². The Morgan fingerprint density at radius 2 is 2.24 bits per heavy atom. The van der Waals surface area contributed by atoms with Crippen molar-refractivity contribution in [2.45, 2.75) is 13.5 Å². The molecule has 0 aliphatic carbocycles. The minimum Gasteiger partial charge on any atom is -0.397 e. The summed E-state index contributed by atoms with van der Waals surface area (Å²) in [6, 6.07) is 6.20. The maximum Gasteiger partial charge on any atom is 0.128 e. The number of hydrogen-bond donors (Lipinski definition) is 1. The average molecular weight is 312 g/mol. The maximum absolute atomic E-state index is 5.76. The minimum absolute atomic E-state index is 0.737. The van der Waals surface area contributed by atoms with Crippen LogP contribution in [0.2, 0.25) is 0 Å². The van der Waals surface area contributed by atoms with E-state index in [0.717, 1.165) is 27.4 Å². The number of anilines is 2. The lowest BCUT2D eigenvalue weighted by molar-refractivity contribution is 0.911. The largest absolute Gasteiger partial charge is 0.397 e. The molecule has 0 unspecified atom stereocenters. The molecule has 0 radical (unpaired) electrons. The van der Waals surface area contributed by atoms with Gasteiger partial charge in [0.15, 0.2) is 0 Å². The molecular formula is C12H14BrN3S. The Hall–Kier alpha value is -1.07. The lowest BCUT2D eigenvalue weighted by Gasteiger charge is -2.18. The Labute approximate surface area is 113 Å². The fourth-order valence-corrected chi connectivity index (χ4v) is 3.05. The van der Waals surface area contributed by atoms with E-state index in [9.17, 15) is 0 Å². The molecule has 0 atom stereocenters. The lowest BCUT2D eigenvalue weighted by Crippen LogP contribution is -2.17. The lowest BCUT2D eigenvalue weighted by atomic mass is 10.2. The molecule has 2 rings (SSSR count). The summed E-state index contributed by atoms with van der Waals surface area (Å²) < 4.78 is 1.15. The van der Waals surface area contributed by atoms with Gasteiger partial charge in [-0.1, -0.05) is 0 Å². The van der Waals surface area contributed by atoms with Crippen molar-refractivity contribution in [3.05, 3.63) is 38.6 Å². The Morgan fingerprint density at radius 1 is 1.47 bits per heavy atom. The number of aryl methyl sites for hydroxylation is 1. The highest BCUT2D eigenvalue weighted by Gasteiger charge is 2.06. The molecule has 0 aliphatic heterocycles. The molecule has 5 heteroatoms. The third-order valence-electron chi connectivity index (χ3n) is 2.55. The van der Waals surface area contributed by atoms with Crippen molar-refractivity contribution in [1.29, 1.82) is 0 Å². The van der Waals surface area contributed by atoms with Crippen LogP contribution in [0.1, 0.15) is 10.4 Å². The number of rotatable bonds is 3. The zero-order valence-corrected chi connectivity index (χ0v) is 12.2. The second-order valence-electron chi connectivity index (χ2n) is 3.96. The van der Waals surface area contributed by atoms with Gasteiger partial charge in [0.05, 0.1) is 22.2 Å². The van der Waals surface area contributed by atoms with E-state index < -0.39 is 0 Å². The van der Waals surface area contributed by atoms with Crippen molar-refractivity contribution in [3.63, 3.8) is 0 Å². The molecule has 2 aromatic rings. The van der Waals surface area contributed by atoms with Gasteiger partial charge in [0.1, 0.15) is 5.82 Å². The minimum atomic E-state index is 0.737. The number of halogens is 1. The van der Waals surface area contributed by atoms with E-state index in [4.69, 9.17) is 5.73 Å². The first-order valence-corrected chi connectivity index (χ1v) is 6.84. The van der Waals surface area contributed by atoms with Crippen molar-refractivity contribution >= 4 is 38.8 Å². The number of aromatic nitrogens is 1. The van der Waals surface area contributed by atoms with Crippen molar-refractivity contribution in [2.75, 3.05) is 17.7 Å². The fourth-order valence-electron chi connectivity index (χ4n) is 1.51. The van der Waals surface area contributed by atoms with Crippen LogP contribution in [0.15, 0.2) is 28.2 Å². The zero-order chi connectivity index (χ0) is 12.4. The fraction of sp³-hybridized carbons (Fsp3) is 0.250. The zero-order valence-electron chi connectivity index (χ0n) is 9.77. The molecule has 0 fully saturated rings. The standard InChI is InChI=1S/C12H14BrN3S/c1-8-5-12(15-6-10(8)14)16(2)7-9-3-4-11(13)17-9/h3-6H,7,14H2,1-2H3. The van der Waals surface area contributed by atoms with Gasteiger partial charge >= 0.3 is 0 Å². The van der Waals surface area contributed by atoms with Gasteiger partial charge in [0, 0.05) is 11.9 Å². The summed E-state index contributed by atoms with van der Waals surface area (Å²) in [4.78, 5) is 7.75. The van der Waals surface area contributed by atoms with Gasteiger partial charge in [0.25, 0.3) is 0 Å². The SMILES string of the molecule is Cc1cc(N(C)Cc2ccc(Br)s2)ncc1N. The van der Waals surface area contributed by atoms with Crippen LogP contribution in [-0.2, 0) is 6.54 Å². The van der Waals surface area contributed by atoms with E-state index in [1.807, 2.05) is 20.0 Å². The predicted octanol–water partition coefficient (Wildman–Crippen LogP) is 3.43. The van der Waals surface area contributed by atoms with E-state index in [1.54, 1.807) is 17.5 Å². The third kappa shape index (κ3) is 2.98. The van der Waals surface area contributed by atoms with Gasteiger partial charge in [0.2, 0.25) is 0 Å². The van der Waals surface area contributed by atoms with Crippen molar-refractivity contribution < 1.29 is 0 Å². The van der Waals surface area contributed by atoms with Gasteiger partial charge in [-0.2, -0.15) is 0 Å². The molecular weight excluding hydrogens is 298 g/mol. The first-order chi connectivity index (χ1) is 8.06. The van der Waals surface area contributed by atoms with E-state index in [2.05, 4.69) is 37.9 Å². The number of nitrogens with two attached hydrogens (primary N) is 1. The number of pyridine rings is 1. The molecule has 2 aromatic heterocycles. The van der Waals surface area contributed by atoms with Gasteiger partial charge < -0.3 is 10.6 Å². The number of hydrogen-bond acceptors (Lipinski definition) is 4. The quantitative estimate of drug-likeness (QED) is 0.944. The van der Waals surface area contributed by atoms with E-state index in [1.165, 1.54) is 4.88 Å². The van der Waals surface area contributed by atoms with E-state index in [0.29, 0.717) is 0 Å². The molecule has 0 saturated carbocycles.